The van der Waals surface area contributed by atoms with Crippen LogP contribution in [0.15, 0.2) is 40.5 Å². The van der Waals surface area contributed by atoms with E-state index in [1.165, 1.54) is 11.3 Å². The van der Waals surface area contributed by atoms with Crippen LogP contribution in [-0.4, -0.2) is 119 Å². The second-order valence-electron chi connectivity index (χ2n) is 16.3. The molecule has 2 aromatic carbocycles. The van der Waals surface area contributed by atoms with E-state index in [0.717, 1.165) is 52.5 Å². The number of carbonyl (C=O) groups is 2. The first kappa shape index (κ1) is 43.8. The van der Waals surface area contributed by atoms with Gasteiger partial charge in [0.05, 0.1) is 48.1 Å². The van der Waals surface area contributed by atoms with Crippen molar-refractivity contribution in [2.24, 2.45) is 5.92 Å². The molecular weight excluding hydrogens is 780 g/mol. The third-order valence-electron chi connectivity index (χ3n) is 11.6. The Hall–Kier alpha value is -3.73. The van der Waals surface area contributed by atoms with Gasteiger partial charge in [-0.1, -0.05) is 63.3 Å². The Morgan fingerprint density at radius 3 is 2.57 bits per heavy atom. The van der Waals surface area contributed by atoms with Gasteiger partial charge in [-0.05, 0) is 62.3 Å². The zero-order valence-electron chi connectivity index (χ0n) is 34.5. The molecule has 0 bridgehead atoms. The van der Waals surface area contributed by atoms with Crippen molar-refractivity contribution in [3.05, 3.63) is 78.6 Å². The lowest BCUT2D eigenvalue weighted by Gasteiger charge is -2.47. The van der Waals surface area contributed by atoms with E-state index < -0.39 is 5.60 Å². The minimum absolute atomic E-state index is 0.0227. The number of benzene rings is 2. The number of ether oxygens (including phenoxy) is 2. The second-order valence-corrected chi connectivity index (χ2v) is 18.2. The summed E-state index contributed by atoms with van der Waals surface area (Å²) in [6.07, 6.45) is 2.88. The smallest absolute Gasteiger partial charge is 0.305 e. The number of hydrogen-bond donors (Lipinski definition) is 3. The van der Waals surface area contributed by atoms with Gasteiger partial charge >= 0.3 is 4.87 Å². The van der Waals surface area contributed by atoms with E-state index in [-0.39, 0.29) is 59.2 Å². The first-order valence-corrected chi connectivity index (χ1v) is 22.3. The fourth-order valence-corrected chi connectivity index (χ4v) is 9.47. The maximum Gasteiger partial charge on any atom is 0.305 e. The highest BCUT2D eigenvalue weighted by molar-refractivity contribution is 7.16. The summed E-state index contributed by atoms with van der Waals surface area (Å²) in [6.45, 7) is 16.4. The van der Waals surface area contributed by atoms with Crippen molar-refractivity contribution >= 4 is 44.7 Å². The van der Waals surface area contributed by atoms with Gasteiger partial charge in [0.25, 0.3) is 5.91 Å². The molecule has 1 atom stereocenters. The second kappa shape index (κ2) is 20.0. The van der Waals surface area contributed by atoms with Crippen LogP contribution >= 0.6 is 22.7 Å². The van der Waals surface area contributed by atoms with Crippen molar-refractivity contribution in [3.63, 3.8) is 0 Å². The van der Waals surface area contributed by atoms with Gasteiger partial charge in [-0.3, -0.25) is 19.3 Å². The minimum atomic E-state index is -0.390. The number of nitrogens with one attached hydrogen (secondary N) is 2. The number of amides is 2. The van der Waals surface area contributed by atoms with Crippen LogP contribution < -0.4 is 10.2 Å². The molecule has 2 aliphatic rings. The Bertz CT molecular complexity index is 2060. The highest BCUT2D eigenvalue weighted by atomic mass is 32.1. The summed E-state index contributed by atoms with van der Waals surface area (Å²) in [7, 11) is 0. The Kier molecular flexibility index (Phi) is 15.1. The van der Waals surface area contributed by atoms with Gasteiger partial charge in [0.2, 0.25) is 5.91 Å². The molecular formula is C43H59FN6O6S2. The predicted octanol–water partition coefficient (Wildman–Crippen LogP) is 6.18. The lowest BCUT2D eigenvalue weighted by Crippen LogP contribution is -2.58. The van der Waals surface area contributed by atoms with Crippen LogP contribution in [0.25, 0.3) is 10.2 Å². The van der Waals surface area contributed by atoms with Crippen LogP contribution in [-0.2, 0) is 33.7 Å². The lowest BCUT2D eigenvalue weighted by molar-refractivity contribution is -0.135. The average Bonchev–Trinajstić information content (AvgIpc) is 3.87. The number of aromatic hydroxyl groups is 1. The van der Waals surface area contributed by atoms with Gasteiger partial charge in [-0.2, -0.15) is 0 Å². The monoisotopic (exact) mass is 838 g/mol. The minimum Gasteiger partial charge on any atom is -0.506 e. The first-order chi connectivity index (χ1) is 27.8. The third kappa shape index (κ3) is 10.9. The van der Waals surface area contributed by atoms with E-state index in [0.29, 0.717) is 87.7 Å². The number of phenolic OH excluding ortho intramolecular Hbond substituents is 1. The van der Waals surface area contributed by atoms with Gasteiger partial charge in [-0.15, -0.1) is 11.3 Å². The largest absolute Gasteiger partial charge is 0.506 e. The molecule has 2 aliphatic heterocycles. The van der Waals surface area contributed by atoms with Crippen molar-refractivity contribution in [1.82, 2.24) is 30.0 Å². The topological polar surface area (TPSA) is 140 Å². The van der Waals surface area contributed by atoms with E-state index in [1.54, 1.807) is 12.1 Å². The highest BCUT2D eigenvalue weighted by Gasteiger charge is 2.41. The van der Waals surface area contributed by atoms with Crippen LogP contribution in [0, 0.1) is 11.7 Å². The number of likely N-dealkylation sites (tertiary alicyclic amines) is 1. The SMILES string of the molecule is CC(C)c1nc(C(=O)N2CCOC3(CCN(Cc4cccc(CCOCCC(=O)N(CCNCCc5ccc(O)c6[nH]c(=O)sc56)[C@H](C)C(C)C)c4F)CC3)C2)cs1. The molecule has 2 aromatic heterocycles. The summed E-state index contributed by atoms with van der Waals surface area (Å²) in [6, 6.07) is 9.03. The average molecular weight is 839 g/mol. The summed E-state index contributed by atoms with van der Waals surface area (Å²) in [5.74, 6) is 0.417. The lowest BCUT2D eigenvalue weighted by atomic mass is 9.89. The zero-order valence-corrected chi connectivity index (χ0v) is 36.1. The van der Waals surface area contributed by atoms with Gasteiger partial charge < -0.3 is 34.7 Å². The van der Waals surface area contributed by atoms with Crippen molar-refractivity contribution in [2.45, 2.75) is 90.8 Å². The number of fused-ring (bicyclic) bond motifs is 1. The quantitative estimate of drug-likeness (QED) is 0.100. The number of H-pyrrole nitrogens is 1. The fraction of sp³-hybridized carbons (Fsp3) is 0.581. The predicted molar refractivity (Wildman–Crippen MR) is 228 cm³/mol. The maximum atomic E-state index is 15.7. The van der Waals surface area contributed by atoms with E-state index >= 15 is 4.39 Å². The molecule has 3 N–H and O–H groups in total. The van der Waals surface area contributed by atoms with Crippen LogP contribution in [0.3, 0.4) is 0 Å². The summed E-state index contributed by atoms with van der Waals surface area (Å²) in [4.78, 5) is 51.6. The van der Waals surface area contributed by atoms with Crippen molar-refractivity contribution in [3.8, 4) is 5.75 Å². The van der Waals surface area contributed by atoms with Crippen LogP contribution in [0.1, 0.15) is 92.0 Å². The molecule has 2 amide bonds. The number of rotatable bonds is 18. The number of thiazole rings is 2. The van der Waals surface area contributed by atoms with E-state index in [2.05, 4.69) is 54.8 Å². The summed E-state index contributed by atoms with van der Waals surface area (Å²) >= 11 is 2.63. The molecule has 15 heteroatoms. The van der Waals surface area contributed by atoms with Crippen molar-refractivity contribution in [2.75, 3.05) is 65.6 Å². The molecule has 2 saturated heterocycles. The number of halogens is 1. The molecule has 1 spiro atoms. The Balaban J connectivity index is 0.913. The Morgan fingerprint density at radius 2 is 1.83 bits per heavy atom. The van der Waals surface area contributed by atoms with E-state index in [4.69, 9.17) is 9.47 Å². The number of morpholine rings is 1. The third-order valence-corrected chi connectivity index (χ3v) is 13.7. The number of phenols is 1. The molecule has 4 heterocycles. The molecule has 2 fully saturated rings. The molecule has 316 valence electrons. The maximum absolute atomic E-state index is 15.7. The number of nitrogens with zero attached hydrogens (tertiary/aromatic N) is 4. The molecule has 12 nitrogen and oxygen atoms in total. The summed E-state index contributed by atoms with van der Waals surface area (Å²) in [5.41, 5.74) is 2.84. The van der Waals surface area contributed by atoms with Crippen molar-refractivity contribution in [1.29, 1.82) is 0 Å². The fourth-order valence-electron chi connectivity index (χ4n) is 7.76. The zero-order chi connectivity index (χ0) is 41.4. The molecule has 0 aliphatic carbocycles. The summed E-state index contributed by atoms with van der Waals surface area (Å²) < 4.78 is 28.7. The molecule has 0 saturated carbocycles. The molecule has 4 aromatic rings. The Morgan fingerprint density at radius 1 is 1.05 bits per heavy atom. The molecule has 0 unspecified atom stereocenters. The Labute approximate surface area is 348 Å². The highest BCUT2D eigenvalue weighted by Crippen LogP contribution is 2.32. The van der Waals surface area contributed by atoms with E-state index in [1.807, 2.05) is 33.4 Å². The molecule has 6 rings (SSSR count). The molecule has 58 heavy (non-hydrogen) atoms. The standard InChI is InChI=1S/C43H59FN6O6S2/c1-28(2)30(5)50(20-17-45-16-11-32-9-10-35(51)38-39(32)58-42(54)47-38)36(52)13-23-55-22-12-31-7-6-8-33(37(31)44)25-48-18-14-43(15-19-48)27-49(21-24-56-43)41(53)34-26-57-40(46-34)29(3)4/h6-10,26,28-30,45,51H,11-25,27H2,1-5H3,(H,47,54)/t30-/m1/s1. The number of aromatic amines is 1. The van der Waals surface area contributed by atoms with Crippen LogP contribution in [0.5, 0.6) is 5.75 Å². The normalized spacial score (nSPS) is 16.5. The number of aromatic nitrogens is 2. The number of piperidine rings is 1. The first-order valence-electron chi connectivity index (χ1n) is 20.6. The van der Waals surface area contributed by atoms with Gasteiger partial charge in [0.15, 0.2) is 0 Å². The van der Waals surface area contributed by atoms with Gasteiger partial charge in [0.1, 0.15) is 22.8 Å². The van der Waals surface area contributed by atoms with Gasteiger partial charge in [-0.25, -0.2) is 9.37 Å². The van der Waals surface area contributed by atoms with Crippen LogP contribution in [0.4, 0.5) is 4.39 Å². The number of carbonyl (C=O) groups excluding carboxylic acids is 2. The van der Waals surface area contributed by atoms with Crippen LogP contribution in [0.2, 0.25) is 0 Å². The number of hydrogen-bond acceptors (Lipinski definition) is 11. The van der Waals surface area contributed by atoms with E-state index in [9.17, 15) is 19.5 Å². The summed E-state index contributed by atoms with van der Waals surface area (Å²) in [5, 5.41) is 16.3. The van der Waals surface area contributed by atoms with Crippen molar-refractivity contribution < 1.29 is 28.6 Å². The van der Waals surface area contributed by atoms with Gasteiger partial charge in [0, 0.05) is 62.2 Å². The molecule has 0 radical (unpaired) electrons.